The molecule has 0 spiro atoms. The van der Waals surface area contributed by atoms with Gasteiger partial charge < -0.3 is 23.9 Å². The maximum absolute atomic E-state index is 12.9. The Morgan fingerprint density at radius 3 is 1.89 bits per heavy atom. The highest BCUT2D eigenvalue weighted by Crippen LogP contribution is 2.24. The number of hydrogen-bond acceptors (Lipinski definition) is 8. The molecule has 9 heteroatoms. The summed E-state index contributed by atoms with van der Waals surface area (Å²) >= 11 is 0. The summed E-state index contributed by atoms with van der Waals surface area (Å²) in [6.07, 6.45) is 0. The second-order valence-corrected chi connectivity index (χ2v) is 7.73. The SMILES string of the molecule is COC(=O)c1cc(C(=O)OC)cc(-n2c(C)cc(C(=O)COC(=O)c3ccc(CO)cc3)c2C)c1. The average molecular weight is 479 g/mol. The fourth-order valence-corrected chi connectivity index (χ4v) is 3.69. The molecule has 0 aliphatic heterocycles. The molecule has 0 bridgehead atoms. The van der Waals surface area contributed by atoms with E-state index in [4.69, 9.17) is 19.3 Å². The van der Waals surface area contributed by atoms with Gasteiger partial charge in [-0.05, 0) is 55.8 Å². The minimum Gasteiger partial charge on any atom is -0.465 e. The molecule has 0 unspecified atom stereocenters. The number of aliphatic hydroxyl groups excluding tert-OH is 1. The highest BCUT2D eigenvalue weighted by molar-refractivity contribution is 6.01. The first-order valence-corrected chi connectivity index (χ1v) is 10.6. The van der Waals surface area contributed by atoms with Gasteiger partial charge in [-0.25, -0.2) is 14.4 Å². The normalized spacial score (nSPS) is 10.5. The lowest BCUT2D eigenvalue weighted by Gasteiger charge is -2.13. The van der Waals surface area contributed by atoms with Crippen molar-refractivity contribution >= 4 is 23.7 Å². The summed E-state index contributed by atoms with van der Waals surface area (Å²) in [5, 5.41) is 9.10. The van der Waals surface area contributed by atoms with Crippen LogP contribution in [0.3, 0.4) is 0 Å². The van der Waals surface area contributed by atoms with Crippen LogP contribution in [0.4, 0.5) is 0 Å². The number of carbonyl (C=O) groups is 4. The minimum atomic E-state index is -0.662. The van der Waals surface area contributed by atoms with Crippen LogP contribution in [0, 0.1) is 13.8 Å². The van der Waals surface area contributed by atoms with Crippen LogP contribution in [0.15, 0.2) is 48.5 Å². The number of nitrogens with zero attached hydrogens (tertiary/aromatic N) is 1. The van der Waals surface area contributed by atoms with E-state index in [1.54, 1.807) is 48.7 Å². The monoisotopic (exact) mass is 479 g/mol. The van der Waals surface area contributed by atoms with E-state index in [2.05, 4.69) is 0 Å². The molecule has 0 saturated carbocycles. The highest BCUT2D eigenvalue weighted by atomic mass is 16.5. The van der Waals surface area contributed by atoms with Crippen molar-refractivity contribution in [2.45, 2.75) is 20.5 Å². The number of Topliss-reactive ketones (excluding diaryl/α,β-unsaturated/α-hetero) is 1. The Hall–Kier alpha value is -4.24. The molecular formula is C26H25NO8. The van der Waals surface area contributed by atoms with E-state index in [1.165, 1.54) is 32.4 Å². The Morgan fingerprint density at radius 1 is 0.800 bits per heavy atom. The zero-order valence-corrected chi connectivity index (χ0v) is 19.8. The number of carbonyl (C=O) groups excluding carboxylic acids is 4. The Labute approximate surface area is 201 Å². The number of esters is 3. The van der Waals surface area contributed by atoms with Crippen LogP contribution in [0.2, 0.25) is 0 Å². The van der Waals surface area contributed by atoms with Crippen LogP contribution in [-0.4, -0.2) is 54.2 Å². The molecule has 0 radical (unpaired) electrons. The second-order valence-electron chi connectivity index (χ2n) is 7.73. The summed E-state index contributed by atoms with van der Waals surface area (Å²) in [6.45, 7) is 2.85. The number of aromatic nitrogens is 1. The fraction of sp³-hybridized carbons (Fsp3) is 0.231. The van der Waals surface area contributed by atoms with Gasteiger partial charge in [-0.3, -0.25) is 4.79 Å². The van der Waals surface area contributed by atoms with Crippen molar-refractivity contribution in [2.24, 2.45) is 0 Å². The van der Waals surface area contributed by atoms with E-state index in [0.29, 0.717) is 28.2 Å². The van der Waals surface area contributed by atoms with Crippen LogP contribution >= 0.6 is 0 Å². The number of benzene rings is 2. The summed E-state index contributed by atoms with van der Waals surface area (Å²) in [5.41, 5.74) is 3.19. The largest absolute Gasteiger partial charge is 0.465 e. The van der Waals surface area contributed by atoms with Crippen LogP contribution in [0.5, 0.6) is 0 Å². The van der Waals surface area contributed by atoms with Crippen LogP contribution in [0.25, 0.3) is 5.69 Å². The lowest BCUT2D eigenvalue weighted by atomic mass is 10.1. The topological polar surface area (TPSA) is 121 Å². The van der Waals surface area contributed by atoms with Crippen LogP contribution in [0.1, 0.15) is 58.4 Å². The molecule has 0 aliphatic carbocycles. The number of methoxy groups -OCH3 is 2. The molecule has 0 amide bonds. The van der Waals surface area contributed by atoms with Crippen molar-refractivity contribution in [3.63, 3.8) is 0 Å². The van der Waals surface area contributed by atoms with Gasteiger partial charge in [0.1, 0.15) is 0 Å². The molecule has 9 nitrogen and oxygen atoms in total. The molecule has 0 aliphatic rings. The molecule has 0 atom stereocenters. The first-order chi connectivity index (χ1) is 16.7. The molecule has 182 valence electrons. The predicted octanol–water partition coefficient (Wildman–Crippen LogP) is 3.20. The van der Waals surface area contributed by atoms with E-state index < -0.39 is 30.3 Å². The van der Waals surface area contributed by atoms with Gasteiger partial charge in [-0.15, -0.1) is 0 Å². The van der Waals surface area contributed by atoms with Crippen molar-refractivity contribution in [1.82, 2.24) is 4.57 Å². The van der Waals surface area contributed by atoms with Crippen molar-refractivity contribution in [3.8, 4) is 5.69 Å². The molecule has 0 saturated heterocycles. The lowest BCUT2D eigenvalue weighted by molar-refractivity contribution is 0.0474. The summed E-state index contributed by atoms with van der Waals surface area (Å²) in [4.78, 5) is 49.5. The van der Waals surface area contributed by atoms with Gasteiger partial charge in [-0.1, -0.05) is 12.1 Å². The van der Waals surface area contributed by atoms with E-state index >= 15 is 0 Å². The number of aryl methyl sites for hydroxylation is 1. The number of rotatable bonds is 8. The fourth-order valence-electron chi connectivity index (χ4n) is 3.69. The molecule has 2 aromatic carbocycles. The third-order valence-corrected chi connectivity index (χ3v) is 5.46. The second kappa shape index (κ2) is 10.8. The Kier molecular flexibility index (Phi) is 7.83. The molecule has 1 heterocycles. The maximum Gasteiger partial charge on any atom is 0.338 e. The smallest absolute Gasteiger partial charge is 0.338 e. The standard InChI is InChI=1S/C26H25NO8/c1-15-9-22(23(29)14-35-26(32)18-7-5-17(13-28)6-8-18)16(2)27(15)21-11-19(24(30)33-3)10-20(12-21)25(31)34-4/h5-12,28H,13-14H2,1-4H3. The summed E-state index contributed by atoms with van der Waals surface area (Å²) in [6, 6.07) is 12.3. The highest BCUT2D eigenvalue weighted by Gasteiger charge is 2.21. The van der Waals surface area contributed by atoms with Crippen molar-refractivity contribution < 1.29 is 38.5 Å². The summed E-state index contributed by atoms with van der Waals surface area (Å²) < 4.78 is 16.5. The first kappa shape index (κ1) is 25.4. The van der Waals surface area contributed by atoms with Gasteiger partial charge in [0.25, 0.3) is 0 Å². The molecule has 35 heavy (non-hydrogen) atoms. The summed E-state index contributed by atoms with van der Waals surface area (Å²) in [5.74, 6) is -2.34. The number of ether oxygens (including phenoxy) is 3. The molecule has 0 fully saturated rings. The Balaban J connectivity index is 1.88. The number of hydrogen-bond donors (Lipinski definition) is 1. The first-order valence-electron chi connectivity index (χ1n) is 10.6. The molecule has 1 aromatic heterocycles. The van der Waals surface area contributed by atoms with Crippen molar-refractivity contribution in [3.05, 3.63) is 87.7 Å². The van der Waals surface area contributed by atoms with Gasteiger partial charge in [0, 0.05) is 22.6 Å². The molecule has 1 N–H and O–H groups in total. The Bertz CT molecular complexity index is 1250. The van der Waals surface area contributed by atoms with Crippen LogP contribution in [-0.2, 0) is 20.8 Å². The van der Waals surface area contributed by atoms with Gasteiger partial charge >= 0.3 is 17.9 Å². The van der Waals surface area contributed by atoms with Crippen molar-refractivity contribution in [2.75, 3.05) is 20.8 Å². The third kappa shape index (κ3) is 5.47. The van der Waals surface area contributed by atoms with Crippen molar-refractivity contribution in [1.29, 1.82) is 0 Å². The van der Waals surface area contributed by atoms with E-state index in [0.717, 1.165) is 0 Å². The zero-order chi connectivity index (χ0) is 25.7. The zero-order valence-electron chi connectivity index (χ0n) is 19.8. The van der Waals surface area contributed by atoms with Gasteiger partial charge in [-0.2, -0.15) is 0 Å². The van der Waals surface area contributed by atoms with Gasteiger partial charge in [0.05, 0.1) is 37.5 Å². The van der Waals surface area contributed by atoms with E-state index in [-0.39, 0.29) is 23.3 Å². The molecule has 3 rings (SSSR count). The maximum atomic E-state index is 12.9. The molecular weight excluding hydrogens is 454 g/mol. The van der Waals surface area contributed by atoms with Crippen LogP contribution < -0.4 is 0 Å². The van der Waals surface area contributed by atoms with E-state index in [1.807, 2.05) is 0 Å². The summed E-state index contributed by atoms with van der Waals surface area (Å²) in [7, 11) is 2.47. The lowest BCUT2D eigenvalue weighted by Crippen LogP contribution is -2.15. The average Bonchev–Trinajstić information content (AvgIpc) is 3.19. The predicted molar refractivity (Wildman–Crippen MR) is 125 cm³/mol. The minimum absolute atomic E-state index is 0.145. The Morgan fingerprint density at radius 2 is 1.37 bits per heavy atom. The quantitative estimate of drug-likeness (QED) is 0.297. The number of ketones is 1. The van der Waals surface area contributed by atoms with E-state index in [9.17, 15) is 19.2 Å². The van der Waals surface area contributed by atoms with Gasteiger partial charge in [0.2, 0.25) is 5.78 Å². The number of aliphatic hydroxyl groups is 1. The third-order valence-electron chi connectivity index (χ3n) is 5.46. The molecule has 3 aromatic rings. The van der Waals surface area contributed by atoms with Gasteiger partial charge in [0.15, 0.2) is 6.61 Å².